The fraction of sp³-hybridized carbons (Fsp3) is 0.846. The van der Waals surface area contributed by atoms with Gasteiger partial charge in [-0.05, 0) is 44.1 Å². The number of fused-ring (bicyclic) bond motifs is 2. The van der Waals surface area contributed by atoms with Crippen LogP contribution in [0.25, 0.3) is 0 Å². The predicted molar refractivity (Wildman–Crippen MR) is 64.5 cm³/mol. The van der Waals surface area contributed by atoms with Crippen LogP contribution in [0.5, 0.6) is 0 Å². The number of nitrogens with one attached hydrogen (secondary N) is 1. The van der Waals surface area contributed by atoms with Gasteiger partial charge < -0.3 is 9.84 Å². The molecular formula is C13H21N3O. The summed E-state index contributed by atoms with van der Waals surface area (Å²) in [5, 5.41) is 7.46. The molecule has 3 rings (SSSR count). The van der Waals surface area contributed by atoms with Crippen molar-refractivity contribution in [1.29, 1.82) is 0 Å². The maximum Gasteiger partial charge on any atom is 0.240 e. The number of rotatable bonds is 5. The maximum absolute atomic E-state index is 5.31. The van der Waals surface area contributed by atoms with Crippen LogP contribution in [0.4, 0.5) is 0 Å². The van der Waals surface area contributed by atoms with E-state index in [0.29, 0.717) is 12.5 Å². The number of aromatic nitrogens is 2. The smallest absolute Gasteiger partial charge is 0.240 e. The molecule has 2 aliphatic rings. The predicted octanol–water partition coefficient (Wildman–Crippen LogP) is 2.47. The minimum Gasteiger partial charge on any atom is -0.338 e. The fourth-order valence-corrected chi connectivity index (χ4v) is 3.42. The number of nitrogens with zero attached hydrogens (tertiary/aromatic N) is 2. The van der Waals surface area contributed by atoms with Crippen molar-refractivity contribution in [2.45, 2.75) is 51.5 Å². The molecule has 0 saturated heterocycles. The average molecular weight is 235 g/mol. The van der Waals surface area contributed by atoms with E-state index in [1.165, 1.54) is 25.7 Å². The Kier molecular flexibility index (Phi) is 3.14. The van der Waals surface area contributed by atoms with E-state index in [4.69, 9.17) is 4.52 Å². The summed E-state index contributed by atoms with van der Waals surface area (Å²) >= 11 is 0. The van der Waals surface area contributed by atoms with Gasteiger partial charge in [0, 0.05) is 5.92 Å². The molecule has 0 radical (unpaired) electrons. The highest BCUT2D eigenvalue weighted by molar-refractivity contribution is 5.06. The molecule has 0 spiro atoms. The standard InChI is InChI=1S/C13H21N3O/c1-2-5-14-8-12-15-13(16-17-12)11-7-9-3-4-10(11)6-9/h9-11,14H,2-8H2,1H3. The van der Waals surface area contributed by atoms with Crippen molar-refractivity contribution in [3.63, 3.8) is 0 Å². The van der Waals surface area contributed by atoms with E-state index >= 15 is 0 Å². The third-order valence-electron chi connectivity index (χ3n) is 4.26. The Morgan fingerprint density at radius 1 is 1.35 bits per heavy atom. The lowest BCUT2D eigenvalue weighted by Gasteiger charge is -2.17. The number of hydrogen-bond donors (Lipinski definition) is 1. The zero-order chi connectivity index (χ0) is 11.7. The van der Waals surface area contributed by atoms with Gasteiger partial charge in [-0.15, -0.1) is 0 Å². The average Bonchev–Trinajstić information content (AvgIpc) is 3.04. The molecule has 17 heavy (non-hydrogen) atoms. The highest BCUT2D eigenvalue weighted by Crippen LogP contribution is 2.52. The zero-order valence-electron chi connectivity index (χ0n) is 10.5. The Morgan fingerprint density at radius 2 is 2.29 bits per heavy atom. The first-order valence-corrected chi connectivity index (χ1v) is 6.90. The molecule has 3 unspecified atom stereocenters. The first-order chi connectivity index (χ1) is 8.36. The summed E-state index contributed by atoms with van der Waals surface area (Å²) < 4.78 is 5.31. The van der Waals surface area contributed by atoms with Gasteiger partial charge in [-0.2, -0.15) is 4.98 Å². The van der Waals surface area contributed by atoms with Crippen LogP contribution in [0.3, 0.4) is 0 Å². The summed E-state index contributed by atoms with van der Waals surface area (Å²) in [6.45, 7) is 3.87. The van der Waals surface area contributed by atoms with Gasteiger partial charge in [-0.25, -0.2) is 0 Å². The van der Waals surface area contributed by atoms with Crippen molar-refractivity contribution in [2.75, 3.05) is 6.54 Å². The minimum atomic E-state index is 0.581. The molecule has 1 aromatic rings. The second-order valence-corrected chi connectivity index (χ2v) is 5.50. The van der Waals surface area contributed by atoms with E-state index in [-0.39, 0.29) is 0 Å². The van der Waals surface area contributed by atoms with E-state index in [1.54, 1.807) is 0 Å². The molecule has 4 heteroatoms. The van der Waals surface area contributed by atoms with E-state index in [2.05, 4.69) is 22.4 Å². The van der Waals surface area contributed by atoms with Crippen LogP contribution in [-0.4, -0.2) is 16.7 Å². The van der Waals surface area contributed by atoms with Crippen molar-refractivity contribution in [3.8, 4) is 0 Å². The maximum atomic E-state index is 5.31. The van der Waals surface area contributed by atoms with Crippen molar-refractivity contribution >= 4 is 0 Å². The summed E-state index contributed by atoms with van der Waals surface area (Å²) in [5.74, 6) is 4.05. The van der Waals surface area contributed by atoms with E-state index < -0.39 is 0 Å². The molecule has 94 valence electrons. The quantitative estimate of drug-likeness (QED) is 0.797. The molecule has 0 amide bonds. The molecule has 3 atom stereocenters. The summed E-state index contributed by atoms with van der Waals surface area (Å²) in [5.41, 5.74) is 0. The molecule has 1 N–H and O–H groups in total. The summed E-state index contributed by atoms with van der Waals surface area (Å²) in [6, 6.07) is 0. The Bertz CT molecular complexity index is 376. The van der Waals surface area contributed by atoms with Crippen LogP contribution in [0.2, 0.25) is 0 Å². The zero-order valence-corrected chi connectivity index (χ0v) is 10.5. The SMILES string of the molecule is CCCNCc1nc(C2CC3CCC2C3)no1. The molecule has 2 aliphatic carbocycles. The van der Waals surface area contributed by atoms with Crippen molar-refractivity contribution in [1.82, 2.24) is 15.5 Å². The third kappa shape index (κ3) is 2.23. The highest BCUT2D eigenvalue weighted by atomic mass is 16.5. The fourth-order valence-electron chi connectivity index (χ4n) is 3.42. The molecule has 2 fully saturated rings. The second-order valence-electron chi connectivity index (χ2n) is 5.50. The van der Waals surface area contributed by atoms with Gasteiger partial charge >= 0.3 is 0 Å². The van der Waals surface area contributed by atoms with Crippen molar-refractivity contribution < 1.29 is 4.52 Å². The first-order valence-electron chi connectivity index (χ1n) is 6.90. The first kappa shape index (κ1) is 11.2. The van der Waals surface area contributed by atoms with Crippen molar-refractivity contribution in [3.05, 3.63) is 11.7 Å². The van der Waals surface area contributed by atoms with E-state index in [0.717, 1.165) is 36.5 Å². The molecule has 1 aromatic heterocycles. The van der Waals surface area contributed by atoms with Crippen LogP contribution in [-0.2, 0) is 6.54 Å². The monoisotopic (exact) mass is 235 g/mol. The lowest BCUT2D eigenvalue weighted by molar-refractivity contribution is 0.346. The van der Waals surface area contributed by atoms with Crippen LogP contribution in [0, 0.1) is 11.8 Å². The number of hydrogen-bond acceptors (Lipinski definition) is 4. The summed E-state index contributed by atoms with van der Waals surface area (Å²) in [6.07, 6.45) is 6.60. The Labute approximate surface area is 102 Å². The van der Waals surface area contributed by atoms with Crippen LogP contribution < -0.4 is 5.32 Å². The van der Waals surface area contributed by atoms with E-state index in [9.17, 15) is 0 Å². The molecule has 2 bridgehead atoms. The molecule has 0 aliphatic heterocycles. The summed E-state index contributed by atoms with van der Waals surface area (Å²) in [4.78, 5) is 4.54. The second kappa shape index (κ2) is 4.77. The van der Waals surface area contributed by atoms with Crippen LogP contribution in [0.1, 0.15) is 56.7 Å². The van der Waals surface area contributed by atoms with Crippen molar-refractivity contribution in [2.24, 2.45) is 11.8 Å². The summed E-state index contributed by atoms with van der Waals surface area (Å²) in [7, 11) is 0. The molecule has 1 heterocycles. The lowest BCUT2D eigenvalue weighted by atomic mass is 9.88. The normalized spacial score (nSPS) is 31.2. The lowest BCUT2D eigenvalue weighted by Crippen LogP contribution is -2.14. The molecular weight excluding hydrogens is 214 g/mol. The Balaban J connectivity index is 1.60. The molecule has 0 aromatic carbocycles. The minimum absolute atomic E-state index is 0.581. The van der Waals surface area contributed by atoms with E-state index in [1.807, 2.05) is 0 Å². The third-order valence-corrected chi connectivity index (χ3v) is 4.26. The highest BCUT2D eigenvalue weighted by Gasteiger charge is 2.42. The van der Waals surface area contributed by atoms with Crippen LogP contribution in [0.15, 0.2) is 4.52 Å². The molecule has 2 saturated carbocycles. The van der Waals surface area contributed by atoms with Gasteiger partial charge in [0.25, 0.3) is 0 Å². The topological polar surface area (TPSA) is 51.0 Å². The Hall–Kier alpha value is -0.900. The van der Waals surface area contributed by atoms with Gasteiger partial charge in [-0.1, -0.05) is 18.5 Å². The van der Waals surface area contributed by atoms with Gasteiger partial charge in [0.2, 0.25) is 5.89 Å². The largest absolute Gasteiger partial charge is 0.338 e. The van der Waals surface area contributed by atoms with Gasteiger partial charge in [0.1, 0.15) is 0 Å². The van der Waals surface area contributed by atoms with Gasteiger partial charge in [-0.3, -0.25) is 0 Å². The van der Waals surface area contributed by atoms with Gasteiger partial charge in [0.15, 0.2) is 5.82 Å². The van der Waals surface area contributed by atoms with Gasteiger partial charge in [0.05, 0.1) is 6.54 Å². The molecule has 4 nitrogen and oxygen atoms in total. The Morgan fingerprint density at radius 3 is 3.00 bits per heavy atom. The van der Waals surface area contributed by atoms with Crippen LogP contribution >= 0.6 is 0 Å².